The Morgan fingerprint density at radius 2 is 2.00 bits per heavy atom. The molecule has 3 N–H and O–H groups in total. The van der Waals surface area contributed by atoms with Crippen molar-refractivity contribution in [1.29, 1.82) is 0 Å². The van der Waals surface area contributed by atoms with Gasteiger partial charge >= 0.3 is 0 Å². The van der Waals surface area contributed by atoms with Crippen LogP contribution >= 0.6 is 0 Å². The van der Waals surface area contributed by atoms with E-state index >= 15 is 0 Å². The number of furan rings is 1. The molecule has 1 atom stereocenters. The zero-order valence-corrected chi connectivity index (χ0v) is 13.0. The maximum absolute atomic E-state index is 12.2. The van der Waals surface area contributed by atoms with Gasteiger partial charge in [-0.25, -0.2) is 0 Å². The summed E-state index contributed by atoms with van der Waals surface area (Å²) >= 11 is 0. The van der Waals surface area contributed by atoms with Crippen LogP contribution < -0.4 is 5.32 Å². The molecule has 23 heavy (non-hydrogen) atoms. The number of amides is 1. The van der Waals surface area contributed by atoms with Crippen LogP contribution in [0.3, 0.4) is 0 Å². The van der Waals surface area contributed by atoms with Crippen molar-refractivity contribution >= 4 is 12.2 Å². The third kappa shape index (κ3) is 3.60. The van der Waals surface area contributed by atoms with Gasteiger partial charge in [-0.3, -0.25) is 9.59 Å². The third-order valence-electron chi connectivity index (χ3n) is 3.58. The standard InChI is InChI=1S/C17H19NO5/c1-3-13-11(2)14(20)15(23-13)16(21)18-17(22,10-19)9-12-7-5-4-6-8-12/h4-8,10,20,22H,3,9H2,1-2H3,(H,18,21)/t17-/m1/s1. The van der Waals surface area contributed by atoms with Crippen molar-refractivity contribution in [2.24, 2.45) is 0 Å². The molecule has 0 saturated carbocycles. The van der Waals surface area contributed by atoms with Crippen LogP contribution in [-0.4, -0.2) is 28.1 Å². The molecule has 0 fully saturated rings. The lowest BCUT2D eigenvalue weighted by atomic mass is 10.0. The van der Waals surface area contributed by atoms with Gasteiger partial charge in [0.2, 0.25) is 5.76 Å². The van der Waals surface area contributed by atoms with Gasteiger partial charge in [-0.1, -0.05) is 37.3 Å². The molecule has 1 aromatic carbocycles. The van der Waals surface area contributed by atoms with Gasteiger partial charge in [0.15, 0.2) is 17.8 Å². The largest absolute Gasteiger partial charge is 0.504 e. The third-order valence-corrected chi connectivity index (χ3v) is 3.58. The molecule has 0 aliphatic rings. The van der Waals surface area contributed by atoms with E-state index in [1.807, 2.05) is 6.92 Å². The zero-order chi connectivity index (χ0) is 17.0. The number of hydrogen-bond donors (Lipinski definition) is 3. The van der Waals surface area contributed by atoms with E-state index in [4.69, 9.17) is 4.42 Å². The molecule has 0 unspecified atom stereocenters. The quantitative estimate of drug-likeness (QED) is 0.556. The summed E-state index contributed by atoms with van der Waals surface area (Å²) in [6.45, 7) is 3.45. The van der Waals surface area contributed by atoms with Gasteiger partial charge in [0.05, 0.1) is 0 Å². The summed E-state index contributed by atoms with van der Waals surface area (Å²) in [5, 5.41) is 22.5. The van der Waals surface area contributed by atoms with Crippen molar-refractivity contribution < 1.29 is 24.2 Å². The second kappa shape index (κ2) is 6.66. The minimum Gasteiger partial charge on any atom is -0.504 e. The van der Waals surface area contributed by atoms with Gasteiger partial charge in [0.25, 0.3) is 5.91 Å². The van der Waals surface area contributed by atoms with E-state index in [-0.39, 0.29) is 24.2 Å². The fourth-order valence-electron chi connectivity index (χ4n) is 2.32. The summed E-state index contributed by atoms with van der Waals surface area (Å²) in [6.07, 6.45) is 0.671. The van der Waals surface area contributed by atoms with E-state index in [1.165, 1.54) is 0 Å². The van der Waals surface area contributed by atoms with Crippen LogP contribution in [0.5, 0.6) is 5.75 Å². The average molecular weight is 317 g/mol. The molecular formula is C17H19NO5. The molecule has 6 nitrogen and oxygen atoms in total. The Balaban J connectivity index is 2.21. The first kappa shape index (κ1) is 16.8. The predicted molar refractivity (Wildman–Crippen MR) is 83.1 cm³/mol. The highest BCUT2D eigenvalue weighted by Crippen LogP contribution is 2.29. The fourth-order valence-corrected chi connectivity index (χ4v) is 2.32. The lowest BCUT2D eigenvalue weighted by Crippen LogP contribution is -2.51. The predicted octanol–water partition coefficient (Wildman–Crippen LogP) is 1.72. The topological polar surface area (TPSA) is 99.8 Å². The molecule has 0 saturated heterocycles. The molecule has 0 bridgehead atoms. The van der Waals surface area contributed by atoms with Crippen molar-refractivity contribution in [2.45, 2.75) is 32.4 Å². The Kier molecular flexibility index (Phi) is 4.86. The molecule has 2 rings (SSSR count). The van der Waals surface area contributed by atoms with Crippen LogP contribution in [0, 0.1) is 6.92 Å². The summed E-state index contributed by atoms with van der Waals surface area (Å²) in [5.41, 5.74) is -0.940. The molecule has 1 amide bonds. The van der Waals surface area contributed by atoms with Crippen molar-refractivity contribution in [3.05, 3.63) is 53.0 Å². The van der Waals surface area contributed by atoms with Gasteiger partial charge in [-0.2, -0.15) is 0 Å². The summed E-state index contributed by atoms with van der Waals surface area (Å²) in [6, 6.07) is 8.78. The normalized spacial score (nSPS) is 13.3. The number of aromatic hydroxyl groups is 1. The van der Waals surface area contributed by atoms with Crippen molar-refractivity contribution in [1.82, 2.24) is 5.32 Å². The van der Waals surface area contributed by atoms with E-state index in [0.717, 1.165) is 0 Å². The Labute approximate surface area is 133 Å². The summed E-state index contributed by atoms with van der Waals surface area (Å²) in [4.78, 5) is 23.5. The average Bonchev–Trinajstić information content (AvgIpc) is 2.83. The van der Waals surface area contributed by atoms with Crippen LogP contribution in [0.25, 0.3) is 0 Å². The molecule has 0 radical (unpaired) electrons. The summed E-state index contributed by atoms with van der Waals surface area (Å²) < 4.78 is 5.31. The van der Waals surface area contributed by atoms with E-state index < -0.39 is 11.6 Å². The van der Waals surface area contributed by atoms with E-state index in [1.54, 1.807) is 37.3 Å². The number of aldehydes is 1. The first-order chi connectivity index (χ1) is 10.9. The van der Waals surface area contributed by atoms with Gasteiger partial charge in [-0.15, -0.1) is 0 Å². The van der Waals surface area contributed by atoms with Gasteiger partial charge < -0.3 is 19.9 Å². The van der Waals surface area contributed by atoms with Crippen molar-refractivity contribution in [3.8, 4) is 5.75 Å². The minimum absolute atomic E-state index is 0.0931. The number of hydrogen-bond acceptors (Lipinski definition) is 5. The second-order valence-electron chi connectivity index (χ2n) is 5.34. The smallest absolute Gasteiger partial charge is 0.293 e. The maximum Gasteiger partial charge on any atom is 0.293 e. The van der Waals surface area contributed by atoms with E-state index in [0.29, 0.717) is 23.3 Å². The highest BCUT2D eigenvalue weighted by Gasteiger charge is 2.32. The first-order valence-electron chi connectivity index (χ1n) is 7.26. The number of rotatable bonds is 6. The van der Waals surface area contributed by atoms with Crippen LogP contribution in [0.2, 0.25) is 0 Å². The Hall–Kier alpha value is -2.60. The first-order valence-corrected chi connectivity index (χ1v) is 7.26. The van der Waals surface area contributed by atoms with E-state index in [2.05, 4.69) is 5.32 Å². The number of carbonyl (C=O) groups is 2. The minimum atomic E-state index is -2.09. The number of carbonyl (C=O) groups excluding carboxylic acids is 2. The maximum atomic E-state index is 12.2. The molecule has 122 valence electrons. The van der Waals surface area contributed by atoms with Gasteiger partial charge in [-0.05, 0) is 12.5 Å². The molecule has 1 aromatic heterocycles. The highest BCUT2D eigenvalue weighted by atomic mass is 16.4. The summed E-state index contributed by atoms with van der Waals surface area (Å²) in [7, 11) is 0. The second-order valence-corrected chi connectivity index (χ2v) is 5.34. The summed E-state index contributed by atoms with van der Waals surface area (Å²) in [5.74, 6) is -0.971. The Morgan fingerprint density at radius 3 is 2.52 bits per heavy atom. The zero-order valence-electron chi connectivity index (χ0n) is 13.0. The van der Waals surface area contributed by atoms with Crippen LogP contribution in [0.4, 0.5) is 0 Å². The van der Waals surface area contributed by atoms with E-state index in [9.17, 15) is 19.8 Å². The highest BCUT2D eigenvalue weighted by molar-refractivity contribution is 5.96. The number of benzene rings is 1. The number of aryl methyl sites for hydroxylation is 1. The Morgan fingerprint density at radius 1 is 1.35 bits per heavy atom. The molecule has 6 heteroatoms. The number of nitrogens with one attached hydrogen (secondary N) is 1. The van der Waals surface area contributed by atoms with Crippen LogP contribution in [0.1, 0.15) is 34.4 Å². The monoisotopic (exact) mass is 317 g/mol. The molecular weight excluding hydrogens is 298 g/mol. The molecule has 0 aliphatic heterocycles. The van der Waals surface area contributed by atoms with Crippen LogP contribution in [-0.2, 0) is 17.6 Å². The molecule has 1 heterocycles. The molecule has 0 aliphatic carbocycles. The van der Waals surface area contributed by atoms with Crippen molar-refractivity contribution in [3.63, 3.8) is 0 Å². The lowest BCUT2D eigenvalue weighted by Gasteiger charge is -2.22. The Bertz CT molecular complexity index is 707. The van der Waals surface area contributed by atoms with Crippen molar-refractivity contribution in [2.75, 3.05) is 0 Å². The number of aliphatic hydroxyl groups is 1. The molecule has 2 aromatic rings. The molecule has 0 spiro atoms. The van der Waals surface area contributed by atoms with Gasteiger partial charge in [0, 0.05) is 18.4 Å². The fraction of sp³-hybridized carbons (Fsp3) is 0.294. The van der Waals surface area contributed by atoms with Crippen LogP contribution in [0.15, 0.2) is 34.7 Å². The van der Waals surface area contributed by atoms with Gasteiger partial charge in [0.1, 0.15) is 5.76 Å². The lowest BCUT2D eigenvalue weighted by molar-refractivity contribution is -0.126. The SMILES string of the molecule is CCc1oc(C(=O)N[C@](O)(C=O)Cc2ccccc2)c(O)c1C.